The molecule has 0 radical (unpaired) electrons. The summed E-state index contributed by atoms with van der Waals surface area (Å²) < 4.78 is 13.6. The Hall–Kier alpha value is -6.92. The molecule has 2 bridgehead atoms. The van der Waals surface area contributed by atoms with Crippen LogP contribution in [0.4, 0.5) is 0 Å². The van der Waals surface area contributed by atoms with Crippen LogP contribution in [0.3, 0.4) is 0 Å². The Morgan fingerprint density at radius 3 is 1.68 bits per heavy atom. The second kappa shape index (κ2) is 39.5. The van der Waals surface area contributed by atoms with Crippen molar-refractivity contribution in [1.29, 1.82) is 0 Å². The molecule has 3 fully saturated rings. The molecule has 1 unspecified atom stereocenters. The first-order valence-electron chi connectivity index (χ1n) is 36.3. The second-order valence-electron chi connectivity index (χ2n) is 29.7. The molecule has 0 aliphatic carbocycles. The summed E-state index contributed by atoms with van der Waals surface area (Å²) >= 11 is 0. The van der Waals surface area contributed by atoms with Gasteiger partial charge in [0.05, 0.1) is 25.4 Å². The summed E-state index contributed by atoms with van der Waals surface area (Å²) in [6.07, 6.45) is 1.14. The van der Waals surface area contributed by atoms with Crippen LogP contribution in [-0.2, 0) is 68.8 Å². The zero-order valence-electron chi connectivity index (χ0n) is 64.1. The van der Waals surface area contributed by atoms with Crippen molar-refractivity contribution >= 4 is 65.0 Å². The highest BCUT2D eigenvalue weighted by atomic mass is 16.5. The van der Waals surface area contributed by atoms with Crippen molar-refractivity contribution < 1.29 is 67.3 Å². The molecule has 3 aliphatic heterocycles. The van der Waals surface area contributed by atoms with E-state index in [1.807, 2.05) is 27.7 Å². The summed E-state index contributed by atoms with van der Waals surface area (Å²) in [5.41, 5.74) is 0. The summed E-state index contributed by atoms with van der Waals surface area (Å²) in [5, 5.41) is 35.4. The maximum atomic E-state index is 15.6. The standard InChI is InChI=1S/C70H124N16O14/c1-23-51-67(95)78(17)47(13)65(93)83(22)58(49(15)100-34-28-27-30-84-32-35-99-36-33-84)63(91)73-55(42(6)7)70(98)79(18)52(37-40(2)3)60(88)71-46(12)64(92)86-45(11)39-54(81(20)68(96)53(38-41(4)5)80(19)66(94)48(86)14)69(97)82(21)57(43(8)9)62(90)74-56(61(89)72-51)59(87)44(10)29-25-24-26-31-85-50(16)75-76-77-85/h40-49,51-59,87H,23-39H2,1-22H3,(H,71,88)(H,72,89)(H,73,91)(H,74,90)/t44-,45?,46+,47-,48-,49-,51+,52+,53+,54+,55+,56+,57+,58+,59-/m1/s1. The number of aliphatic hydroxyl groups is 1. The zero-order valence-corrected chi connectivity index (χ0v) is 64.1. The summed E-state index contributed by atoms with van der Waals surface area (Å²) in [6.45, 7) is 31.6. The molecule has 100 heavy (non-hydrogen) atoms. The maximum Gasteiger partial charge on any atom is 0.246 e. The minimum absolute atomic E-state index is 0.0282. The molecule has 30 nitrogen and oxygen atoms in total. The molecular formula is C70H124N16O14. The van der Waals surface area contributed by atoms with Crippen molar-refractivity contribution in [2.45, 2.75) is 266 Å². The Kier molecular flexibility index (Phi) is 33.8. The molecule has 15 atom stereocenters. The fourth-order valence-electron chi connectivity index (χ4n) is 13.7. The lowest BCUT2D eigenvalue weighted by molar-refractivity contribution is -0.159. The number of carbonyl (C=O) groups is 11. The van der Waals surface area contributed by atoms with Crippen LogP contribution >= 0.6 is 0 Å². The number of fused-ring (bicyclic) bond motifs is 3. The van der Waals surface area contributed by atoms with E-state index in [-0.39, 0.29) is 44.1 Å². The van der Waals surface area contributed by atoms with Crippen molar-refractivity contribution in [3.05, 3.63) is 5.82 Å². The number of nitrogens with one attached hydrogen (secondary N) is 4. The third kappa shape index (κ3) is 22.5. The van der Waals surface area contributed by atoms with Crippen molar-refractivity contribution in [1.82, 2.24) is 80.7 Å². The predicted octanol–water partition coefficient (Wildman–Crippen LogP) is 1.83. The number of carbonyl (C=O) groups excluding carboxylic acids is 11. The van der Waals surface area contributed by atoms with Gasteiger partial charge >= 0.3 is 0 Å². The molecule has 1 aromatic heterocycles. The lowest BCUT2D eigenvalue weighted by Gasteiger charge is -2.45. The average Bonchev–Trinajstić information content (AvgIpc) is 0.821. The highest BCUT2D eigenvalue weighted by Crippen LogP contribution is 2.28. The van der Waals surface area contributed by atoms with E-state index in [1.54, 1.807) is 67.0 Å². The number of aliphatic hydroxyl groups excluding tert-OH is 1. The minimum atomic E-state index is -1.74. The van der Waals surface area contributed by atoms with Crippen molar-refractivity contribution in [2.24, 2.45) is 29.6 Å². The molecule has 5 N–H and O–H groups in total. The second-order valence-corrected chi connectivity index (χ2v) is 29.7. The molecule has 4 rings (SSSR count). The summed E-state index contributed by atoms with van der Waals surface area (Å²) in [5.74, 6) is -9.61. The molecule has 4 heterocycles. The Bertz CT molecular complexity index is 2910. The average molecular weight is 1410 g/mol. The van der Waals surface area contributed by atoms with Gasteiger partial charge in [-0.05, 0) is 139 Å². The molecule has 3 saturated heterocycles. The van der Waals surface area contributed by atoms with Gasteiger partial charge in [-0.25, -0.2) is 4.68 Å². The van der Waals surface area contributed by atoms with Gasteiger partial charge in [-0.3, -0.25) is 57.6 Å². The fourth-order valence-corrected chi connectivity index (χ4v) is 13.7. The first kappa shape index (κ1) is 85.5. The van der Waals surface area contributed by atoms with Gasteiger partial charge in [0.25, 0.3) is 0 Å². The van der Waals surface area contributed by atoms with Crippen LogP contribution in [-0.4, -0.2) is 296 Å². The van der Waals surface area contributed by atoms with Crippen LogP contribution in [0.25, 0.3) is 0 Å². The number of amides is 11. The van der Waals surface area contributed by atoms with Crippen LogP contribution in [0.5, 0.6) is 0 Å². The van der Waals surface area contributed by atoms with Gasteiger partial charge in [-0.2, -0.15) is 0 Å². The van der Waals surface area contributed by atoms with Crippen molar-refractivity contribution in [3.8, 4) is 0 Å². The number of rotatable bonds is 22. The first-order chi connectivity index (χ1) is 46.8. The van der Waals surface area contributed by atoms with Gasteiger partial charge < -0.3 is 70.1 Å². The quantitative estimate of drug-likeness (QED) is 0.103. The van der Waals surface area contributed by atoms with Crippen LogP contribution in [0.1, 0.15) is 174 Å². The van der Waals surface area contributed by atoms with Gasteiger partial charge in [0.2, 0.25) is 65.0 Å². The predicted molar refractivity (Wildman–Crippen MR) is 376 cm³/mol. The molecular weight excluding hydrogens is 1290 g/mol. The molecule has 1 aromatic rings. The van der Waals surface area contributed by atoms with E-state index in [9.17, 15) is 24.3 Å². The zero-order chi connectivity index (χ0) is 75.5. The molecule has 11 amide bonds. The summed E-state index contributed by atoms with van der Waals surface area (Å²) in [4.78, 5) is 177. The number of nitrogens with zero attached hydrogens (tertiary/aromatic N) is 12. The Labute approximate surface area is 594 Å². The highest BCUT2D eigenvalue weighted by Gasteiger charge is 2.48. The van der Waals surface area contributed by atoms with E-state index < -0.39 is 167 Å². The van der Waals surface area contributed by atoms with Gasteiger partial charge in [0.1, 0.15) is 72.3 Å². The van der Waals surface area contributed by atoms with Gasteiger partial charge in [0.15, 0.2) is 0 Å². The molecule has 30 heteroatoms. The van der Waals surface area contributed by atoms with Crippen molar-refractivity contribution in [3.63, 3.8) is 0 Å². The highest BCUT2D eigenvalue weighted by molar-refractivity contribution is 6.00. The number of aromatic nitrogens is 4. The van der Waals surface area contributed by atoms with E-state index in [0.717, 1.165) is 31.0 Å². The van der Waals surface area contributed by atoms with Gasteiger partial charge in [-0.1, -0.05) is 82.1 Å². The summed E-state index contributed by atoms with van der Waals surface area (Å²) in [7, 11) is 8.50. The Morgan fingerprint density at radius 2 is 1.11 bits per heavy atom. The number of tetrazole rings is 1. The molecule has 0 aromatic carbocycles. The smallest absolute Gasteiger partial charge is 0.246 e. The number of aryl methyl sites for hydroxylation is 2. The van der Waals surface area contributed by atoms with Crippen molar-refractivity contribution in [2.75, 3.05) is 81.7 Å². The van der Waals surface area contributed by atoms with Crippen LogP contribution in [0.2, 0.25) is 0 Å². The van der Waals surface area contributed by atoms with Gasteiger partial charge in [-0.15, -0.1) is 5.10 Å². The normalized spacial score (nSPS) is 27.8. The number of ether oxygens (including phenoxy) is 2. The lowest BCUT2D eigenvalue weighted by Crippen LogP contribution is -2.65. The monoisotopic (exact) mass is 1410 g/mol. The maximum absolute atomic E-state index is 15.6. The molecule has 0 saturated carbocycles. The van der Waals surface area contributed by atoms with E-state index in [2.05, 4.69) is 41.7 Å². The third-order valence-corrected chi connectivity index (χ3v) is 20.3. The van der Waals surface area contributed by atoms with Crippen LogP contribution < -0.4 is 21.3 Å². The Balaban J connectivity index is 1.94. The molecule has 568 valence electrons. The number of hydrogen-bond acceptors (Lipinski definition) is 18. The minimum Gasteiger partial charge on any atom is -0.390 e. The molecule has 0 spiro atoms. The topological polar surface area (TPSA) is 344 Å². The van der Waals surface area contributed by atoms with E-state index in [0.29, 0.717) is 57.7 Å². The lowest BCUT2D eigenvalue weighted by atomic mass is 9.91. The third-order valence-electron chi connectivity index (χ3n) is 20.3. The van der Waals surface area contributed by atoms with E-state index in [1.165, 1.54) is 92.5 Å². The van der Waals surface area contributed by atoms with E-state index in [4.69, 9.17) is 9.47 Å². The SMILES string of the molecule is CC[C@@H]1NC(=O)[C@H]([C@H](O)[C@H](C)CCCCCn2nnnc2C)NC(=O)[C@H](C(C)C)N(C)C(=O)[C@@H]2CC(C)N(C(=O)[C@H](C)NC(=O)[C@H](CC(C)C)N(C)C(=O)[C@H](C(C)C)NC(=O)[C@H]([C@@H](C)OCCCCN3CCOCC3)N(C)C(=O)[C@@H](C)N(C)C1=O)[C@H](C)C(=O)N(C)[C@@H](CC(C)C)C(=O)N2C. The first-order valence-corrected chi connectivity index (χ1v) is 36.3. The molecule has 3 aliphatic rings. The van der Waals surface area contributed by atoms with Crippen LogP contribution in [0, 0.1) is 36.5 Å². The number of hydrogen-bond donors (Lipinski definition) is 5. The Morgan fingerprint density at radius 1 is 0.550 bits per heavy atom. The largest absolute Gasteiger partial charge is 0.390 e. The fraction of sp³-hybridized carbons (Fsp3) is 0.829. The van der Waals surface area contributed by atoms with Crippen LogP contribution in [0.15, 0.2) is 0 Å². The van der Waals surface area contributed by atoms with Gasteiger partial charge in [0, 0.05) is 74.6 Å². The number of unbranched alkanes of at least 4 members (excludes halogenated alkanes) is 3. The van der Waals surface area contributed by atoms with E-state index >= 15 is 33.6 Å². The number of likely N-dealkylation sites (N-methyl/N-ethyl adjacent to an activating group) is 6. The number of morpholine rings is 1. The summed E-state index contributed by atoms with van der Waals surface area (Å²) in [6, 6.07) is -15.9.